The van der Waals surface area contributed by atoms with Gasteiger partial charge in [-0.05, 0) is 104 Å². The molecule has 0 saturated heterocycles. The van der Waals surface area contributed by atoms with Crippen molar-refractivity contribution in [3.05, 3.63) is 243 Å². The highest BCUT2D eigenvalue weighted by Gasteiger charge is 2.18. The summed E-state index contributed by atoms with van der Waals surface area (Å²) < 4.78 is 2.37. The van der Waals surface area contributed by atoms with E-state index in [9.17, 15) is 0 Å². The highest BCUT2D eigenvalue weighted by Crippen LogP contribution is 2.43. The van der Waals surface area contributed by atoms with Crippen LogP contribution in [0.15, 0.2) is 243 Å². The lowest BCUT2D eigenvalue weighted by atomic mass is 9.96. The van der Waals surface area contributed by atoms with Crippen LogP contribution in [0.2, 0.25) is 0 Å². The molecular weight excluding hydrogens is 725 g/mol. The summed E-state index contributed by atoms with van der Waals surface area (Å²) >= 11 is 0. The summed E-state index contributed by atoms with van der Waals surface area (Å²) in [5, 5.41) is 4.98. The molecule has 0 bridgehead atoms. The fourth-order valence-electron chi connectivity index (χ4n) is 8.87. The molecule has 10 aromatic carbocycles. The Morgan fingerprint density at radius 1 is 0.250 bits per heavy atom. The standard InChI is InChI=1S/C58H40N2/c1-3-13-41(14-4-1)44-27-33-48(34-28-44)59(58-40-39-51(47-15-5-2-6-16-47)52-17-7-8-18-53(52)58)49-35-29-45(30-36-49)42-23-25-43(26-24-42)46-31-37-50(38-32-46)60-56-21-11-9-19-54(56)55-20-10-12-22-57(55)60/h1-40H. The summed E-state index contributed by atoms with van der Waals surface area (Å²) in [6.45, 7) is 0. The van der Waals surface area contributed by atoms with E-state index in [1.807, 2.05) is 0 Å². The minimum atomic E-state index is 1.10. The van der Waals surface area contributed by atoms with Crippen LogP contribution in [0.5, 0.6) is 0 Å². The zero-order valence-corrected chi connectivity index (χ0v) is 33.0. The van der Waals surface area contributed by atoms with Gasteiger partial charge in [0.05, 0.1) is 16.7 Å². The third-order valence-corrected chi connectivity index (χ3v) is 11.8. The lowest BCUT2D eigenvalue weighted by molar-refractivity contribution is 1.18. The van der Waals surface area contributed by atoms with Crippen molar-refractivity contribution in [2.75, 3.05) is 4.90 Å². The highest BCUT2D eigenvalue weighted by molar-refractivity contribution is 6.09. The zero-order chi connectivity index (χ0) is 39.8. The molecule has 0 unspecified atom stereocenters. The molecule has 0 atom stereocenters. The molecule has 2 nitrogen and oxygen atoms in total. The second-order valence-corrected chi connectivity index (χ2v) is 15.3. The Morgan fingerprint density at radius 3 is 1.12 bits per heavy atom. The van der Waals surface area contributed by atoms with Crippen molar-refractivity contribution in [1.29, 1.82) is 0 Å². The fourth-order valence-corrected chi connectivity index (χ4v) is 8.87. The number of para-hydroxylation sites is 2. The van der Waals surface area contributed by atoms with Gasteiger partial charge in [-0.25, -0.2) is 0 Å². The molecule has 0 aliphatic carbocycles. The summed E-state index contributed by atoms with van der Waals surface area (Å²) in [5.74, 6) is 0. The second-order valence-electron chi connectivity index (χ2n) is 15.3. The second kappa shape index (κ2) is 15.1. The van der Waals surface area contributed by atoms with Gasteiger partial charge in [-0.15, -0.1) is 0 Å². The highest BCUT2D eigenvalue weighted by atomic mass is 15.1. The van der Waals surface area contributed by atoms with Crippen molar-refractivity contribution < 1.29 is 0 Å². The van der Waals surface area contributed by atoms with E-state index in [0.29, 0.717) is 0 Å². The Kier molecular flexibility index (Phi) is 8.87. The third-order valence-electron chi connectivity index (χ3n) is 11.8. The Hall–Kier alpha value is -7.94. The quantitative estimate of drug-likeness (QED) is 0.150. The van der Waals surface area contributed by atoms with Gasteiger partial charge >= 0.3 is 0 Å². The van der Waals surface area contributed by atoms with E-state index in [0.717, 1.165) is 22.7 Å². The maximum atomic E-state index is 2.39. The number of hydrogen-bond acceptors (Lipinski definition) is 1. The number of benzene rings is 10. The molecule has 2 heteroatoms. The van der Waals surface area contributed by atoms with Crippen LogP contribution in [0, 0.1) is 0 Å². The molecule has 0 spiro atoms. The third kappa shape index (κ3) is 6.32. The normalized spacial score (nSPS) is 11.3. The Balaban J connectivity index is 0.920. The molecule has 0 saturated carbocycles. The Labute approximate surface area is 350 Å². The molecule has 282 valence electrons. The first-order chi connectivity index (χ1) is 29.8. The summed E-state index contributed by atoms with van der Waals surface area (Å²) in [4.78, 5) is 2.39. The maximum Gasteiger partial charge on any atom is 0.0541 e. The lowest BCUT2D eigenvalue weighted by Crippen LogP contribution is -2.10. The minimum Gasteiger partial charge on any atom is -0.310 e. The van der Waals surface area contributed by atoms with Crippen LogP contribution < -0.4 is 4.90 Å². The number of fused-ring (bicyclic) bond motifs is 4. The molecule has 1 aromatic heterocycles. The van der Waals surface area contributed by atoms with Gasteiger partial charge in [-0.3, -0.25) is 0 Å². The van der Waals surface area contributed by atoms with Gasteiger partial charge in [0.1, 0.15) is 0 Å². The van der Waals surface area contributed by atoms with Crippen molar-refractivity contribution in [2.24, 2.45) is 0 Å². The first-order valence-electron chi connectivity index (χ1n) is 20.6. The molecular formula is C58H40N2. The topological polar surface area (TPSA) is 8.17 Å². The van der Waals surface area contributed by atoms with Gasteiger partial charge in [-0.1, -0.05) is 188 Å². The van der Waals surface area contributed by atoms with Gasteiger partial charge in [0.25, 0.3) is 0 Å². The number of hydrogen-bond donors (Lipinski definition) is 0. The predicted octanol–water partition coefficient (Wildman–Crippen LogP) is 16.1. The predicted molar refractivity (Wildman–Crippen MR) is 255 cm³/mol. The van der Waals surface area contributed by atoms with Gasteiger partial charge in [-0.2, -0.15) is 0 Å². The van der Waals surface area contributed by atoms with E-state index >= 15 is 0 Å². The van der Waals surface area contributed by atoms with E-state index < -0.39 is 0 Å². The molecule has 0 aliphatic rings. The molecule has 60 heavy (non-hydrogen) atoms. The van der Waals surface area contributed by atoms with Crippen LogP contribution in [0.3, 0.4) is 0 Å². The maximum absolute atomic E-state index is 2.39. The molecule has 11 rings (SSSR count). The van der Waals surface area contributed by atoms with Crippen LogP contribution in [0.25, 0.3) is 82.8 Å². The first kappa shape index (κ1) is 35.2. The van der Waals surface area contributed by atoms with E-state index in [4.69, 9.17) is 0 Å². The molecule has 0 N–H and O–H groups in total. The number of rotatable bonds is 8. The van der Waals surface area contributed by atoms with Crippen LogP contribution in [0.4, 0.5) is 17.1 Å². The van der Waals surface area contributed by atoms with E-state index in [1.165, 1.54) is 77.1 Å². The number of nitrogens with zero attached hydrogens (tertiary/aromatic N) is 2. The molecule has 0 amide bonds. The van der Waals surface area contributed by atoms with Crippen LogP contribution in [-0.4, -0.2) is 4.57 Å². The van der Waals surface area contributed by atoms with Crippen LogP contribution in [-0.2, 0) is 0 Å². The molecule has 11 aromatic rings. The summed E-state index contributed by atoms with van der Waals surface area (Å²) in [5.41, 5.74) is 16.5. The smallest absolute Gasteiger partial charge is 0.0541 e. The largest absolute Gasteiger partial charge is 0.310 e. The van der Waals surface area contributed by atoms with E-state index in [2.05, 4.69) is 252 Å². The van der Waals surface area contributed by atoms with Crippen molar-refractivity contribution in [2.45, 2.75) is 0 Å². The van der Waals surface area contributed by atoms with E-state index in [1.54, 1.807) is 0 Å². The Morgan fingerprint density at radius 2 is 0.617 bits per heavy atom. The van der Waals surface area contributed by atoms with E-state index in [-0.39, 0.29) is 0 Å². The average molecular weight is 765 g/mol. The summed E-state index contributed by atoms with van der Waals surface area (Å²) in [6.07, 6.45) is 0. The van der Waals surface area contributed by atoms with Gasteiger partial charge in [0.2, 0.25) is 0 Å². The summed E-state index contributed by atoms with van der Waals surface area (Å²) in [6, 6.07) is 87.7. The number of aromatic nitrogens is 1. The average Bonchev–Trinajstić information content (AvgIpc) is 3.67. The van der Waals surface area contributed by atoms with Gasteiger partial charge in [0, 0.05) is 33.2 Å². The fraction of sp³-hybridized carbons (Fsp3) is 0. The Bertz CT molecular complexity index is 3200. The molecule has 0 aliphatic heterocycles. The minimum absolute atomic E-state index is 1.10. The van der Waals surface area contributed by atoms with Gasteiger partial charge < -0.3 is 9.47 Å². The first-order valence-corrected chi connectivity index (χ1v) is 20.6. The van der Waals surface area contributed by atoms with Crippen molar-refractivity contribution in [1.82, 2.24) is 4.57 Å². The molecule has 0 radical (unpaired) electrons. The lowest BCUT2D eigenvalue weighted by Gasteiger charge is -2.28. The SMILES string of the molecule is c1ccc(-c2ccc(N(c3ccc(-c4ccc(-c5ccc(-n6c7ccccc7c7ccccc76)cc5)cc4)cc3)c3ccc(-c4ccccc4)c4ccccc34)cc2)cc1. The van der Waals surface area contributed by atoms with Gasteiger partial charge in [0.15, 0.2) is 0 Å². The van der Waals surface area contributed by atoms with Crippen LogP contribution >= 0.6 is 0 Å². The van der Waals surface area contributed by atoms with Crippen LogP contribution in [0.1, 0.15) is 0 Å². The van der Waals surface area contributed by atoms with Crippen molar-refractivity contribution in [3.8, 4) is 50.2 Å². The monoisotopic (exact) mass is 764 g/mol. The molecule has 0 fully saturated rings. The zero-order valence-electron chi connectivity index (χ0n) is 33.0. The van der Waals surface area contributed by atoms with Crippen molar-refractivity contribution >= 4 is 49.6 Å². The van der Waals surface area contributed by atoms with Crippen molar-refractivity contribution in [3.63, 3.8) is 0 Å². The molecule has 1 heterocycles. The summed E-state index contributed by atoms with van der Waals surface area (Å²) in [7, 11) is 0. The number of anilines is 3.